The summed E-state index contributed by atoms with van der Waals surface area (Å²) in [6.45, 7) is 2.90. The summed E-state index contributed by atoms with van der Waals surface area (Å²) in [5.74, 6) is -0.359. The Labute approximate surface area is 113 Å². The Hall–Kier alpha value is -1.06. The van der Waals surface area contributed by atoms with Crippen molar-refractivity contribution in [2.75, 3.05) is 19.0 Å². The molecule has 0 radical (unpaired) electrons. The Morgan fingerprint density at radius 1 is 1.28 bits per heavy atom. The summed E-state index contributed by atoms with van der Waals surface area (Å²) in [6.07, 6.45) is 1.84. The van der Waals surface area contributed by atoms with E-state index in [1.165, 1.54) is 5.56 Å². The molecule has 0 bridgehead atoms. The van der Waals surface area contributed by atoms with E-state index in [9.17, 15) is 4.79 Å². The molecule has 2 rings (SSSR count). The van der Waals surface area contributed by atoms with Crippen LogP contribution in [-0.2, 0) is 16.1 Å². The third kappa shape index (κ3) is 4.00. The van der Waals surface area contributed by atoms with E-state index in [0.29, 0.717) is 0 Å². The third-order valence-corrected chi connectivity index (χ3v) is 3.41. The minimum atomic E-state index is -0.307. The predicted molar refractivity (Wildman–Crippen MR) is 71.6 cm³/mol. The predicted octanol–water partition coefficient (Wildman–Crippen LogP) is 2.43. The first kappa shape index (κ1) is 13.4. The molecule has 1 aliphatic rings. The lowest BCUT2D eigenvalue weighted by molar-refractivity contribution is -0.148. The van der Waals surface area contributed by atoms with Crippen molar-refractivity contribution >= 4 is 17.6 Å². The van der Waals surface area contributed by atoms with Crippen molar-refractivity contribution in [3.8, 4) is 0 Å². The molecule has 1 aliphatic heterocycles. The highest BCUT2D eigenvalue weighted by molar-refractivity contribution is 6.26. The Balaban J connectivity index is 1.75. The Morgan fingerprint density at radius 3 is 2.56 bits per heavy atom. The molecule has 0 amide bonds. The maximum absolute atomic E-state index is 11.1. The molecule has 0 saturated carbocycles. The average Bonchev–Trinajstić information content (AvgIpc) is 2.42. The van der Waals surface area contributed by atoms with Crippen LogP contribution < -0.4 is 0 Å². The molecule has 1 saturated heterocycles. The van der Waals surface area contributed by atoms with E-state index in [1.807, 2.05) is 6.07 Å². The molecule has 0 unspecified atom stereocenters. The monoisotopic (exact) mass is 267 g/mol. The lowest BCUT2D eigenvalue weighted by atomic mass is 10.1. The average molecular weight is 268 g/mol. The quantitative estimate of drug-likeness (QED) is 0.620. The molecule has 0 aliphatic carbocycles. The second-order valence-electron chi connectivity index (χ2n) is 4.58. The van der Waals surface area contributed by atoms with E-state index in [4.69, 9.17) is 16.3 Å². The van der Waals surface area contributed by atoms with E-state index in [1.54, 1.807) is 0 Å². The fourth-order valence-electron chi connectivity index (χ4n) is 2.24. The maximum atomic E-state index is 11.1. The van der Waals surface area contributed by atoms with Gasteiger partial charge in [0, 0.05) is 19.6 Å². The minimum absolute atomic E-state index is 0.0447. The van der Waals surface area contributed by atoms with Crippen LogP contribution in [0.5, 0.6) is 0 Å². The zero-order valence-corrected chi connectivity index (χ0v) is 11.1. The number of alkyl halides is 1. The number of hydrogen-bond acceptors (Lipinski definition) is 3. The Bertz CT molecular complexity index is 375. The van der Waals surface area contributed by atoms with Gasteiger partial charge in [0.15, 0.2) is 0 Å². The molecular weight excluding hydrogens is 250 g/mol. The van der Waals surface area contributed by atoms with Gasteiger partial charge in [-0.2, -0.15) is 0 Å². The van der Waals surface area contributed by atoms with E-state index in [0.717, 1.165) is 32.5 Å². The van der Waals surface area contributed by atoms with Gasteiger partial charge in [-0.05, 0) is 18.4 Å². The highest BCUT2D eigenvalue weighted by Crippen LogP contribution is 2.16. The smallest absolute Gasteiger partial charge is 0.321 e. The SMILES string of the molecule is O=C(CCl)OC1CCN(Cc2ccccc2)CC1. The molecule has 1 aromatic rings. The topological polar surface area (TPSA) is 29.5 Å². The first-order valence-electron chi connectivity index (χ1n) is 6.29. The van der Waals surface area contributed by atoms with Crippen LogP contribution in [0.1, 0.15) is 18.4 Å². The zero-order chi connectivity index (χ0) is 12.8. The van der Waals surface area contributed by atoms with E-state index >= 15 is 0 Å². The molecule has 1 fully saturated rings. The Kier molecular flexibility index (Phi) is 5.02. The number of rotatable bonds is 4. The number of esters is 1. The molecule has 0 spiro atoms. The fourth-order valence-corrected chi connectivity index (χ4v) is 2.31. The molecule has 3 nitrogen and oxygen atoms in total. The molecule has 1 aromatic carbocycles. The number of carbonyl (C=O) groups excluding carboxylic acids is 1. The number of carbonyl (C=O) groups is 1. The summed E-state index contributed by atoms with van der Waals surface area (Å²) >= 11 is 5.42. The van der Waals surface area contributed by atoms with E-state index in [2.05, 4.69) is 29.2 Å². The van der Waals surface area contributed by atoms with Crippen LogP contribution in [0, 0.1) is 0 Å². The summed E-state index contributed by atoms with van der Waals surface area (Å²) in [6, 6.07) is 10.4. The molecule has 1 heterocycles. The number of piperidine rings is 1. The normalized spacial score (nSPS) is 17.6. The molecular formula is C14H18ClNO2. The molecule has 0 aromatic heterocycles. The number of likely N-dealkylation sites (tertiary alicyclic amines) is 1. The van der Waals surface area contributed by atoms with Crippen LogP contribution >= 0.6 is 11.6 Å². The number of benzene rings is 1. The van der Waals surface area contributed by atoms with Crippen molar-refractivity contribution < 1.29 is 9.53 Å². The standard InChI is InChI=1S/C14H18ClNO2/c15-10-14(17)18-13-6-8-16(9-7-13)11-12-4-2-1-3-5-12/h1-5,13H,6-11H2. The lowest BCUT2D eigenvalue weighted by Gasteiger charge is -2.31. The first-order chi connectivity index (χ1) is 8.78. The lowest BCUT2D eigenvalue weighted by Crippen LogP contribution is -2.37. The van der Waals surface area contributed by atoms with Crippen LogP contribution in [0.15, 0.2) is 30.3 Å². The van der Waals surface area contributed by atoms with Gasteiger partial charge in [0.2, 0.25) is 0 Å². The van der Waals surface area contributed by atoms with E-state index < -0.39 is 0 Å². The molecule has 0 atom stereocenters. The van der Waals surface area contributed by atoms with Gasteiger partial charge in [-0.15, -0.1) is 11.6 Å². The summed E-state index contributed by atoms with van der Waals surface area (Å²) in [5.41, 5.74) is 1.33. The van der Waals surface area contributed by atoms with Gasteiger partial charge < -0.3 is 4.74 Å². The van der Waals surface area contributed by atoms with Crippen molar-refractivity contribution in [3.63, 3.8) is 0 Å². The first-order valence-corrected chi connectivity index (χ1v) is 6.83. The van der Waals surface area contributed by atoms with Gasteiger partial charge in [-0.1, -0.05) is 30.3 Å². The van der Waals surface area contributed by atoms with Gasteiger partial charge in [0.05, 0.1) is 0 Å². The molecule has 18 heavy (non-hydrogen) atoms. The van der Waals surface area contributed by atoms with Gasteiger partial charge in [0.25, 0.3) is 0 Å². The van der Waals surface area contributed by atoms with E-state index in [-0.39, 0.29) is 18.0 Å². The fraction of sp³-hybridized carbons (Fsp3) is 0.500. The van der Waals surface area contributed by atoms with Crippen LogP contribution in [0.4, 0.5) is 0 Å². The highest BCUT2D eigenvalue weighted by Gasteiger charge is 2.21. The van der Waals surface area contributed by atoms with Crippen LogP contribution in [-0.4, -0.2) is 35.9 Å². The minimum Gasteiger partial charge on any atom is -0.461 e. The number of ether oxygens (including phenoxy) is 1. The number of halogens is 1. The van der Waals surface area contributed by atoms with Gasteiger partial charge in [-0.25, -0.2) is 0 Å². The van der Waals surface area contributed by atoms with Crippen molar-refractivity contribution in [1.29, 1.82) is 0 Å². The third-order valence-electron chi connectivity index (χ3n) is 3.19. The Morgan fingerprint density at radius 2 is 1.94 bits per heavy atom. The summed E-state index contributed by atoms with van der Waals surface area (Å²) in [4.78, 5) is 13.5. The van der Waals surface area contributed by atoms with Crippen LogP contribution in [0.25, 0.3) is 0 Å². The summed E-state index contributed by atoms with van der Waals surface area (Å²) in [7, 11) is 0. The van der Waals surface area contributed by atoms with Crippen molar-refractivity contribution in [2.24, 2.45) is 0 Å². The number of hydrogen-bond donors (Lipinski definition) is 0. The van der Waals surface area contributed by atoms with Gasteiger partial charge >= 0.3 is 5.97 Å². The molecule has 4 heteroatoms. The largest absolute Gasteiger partial charge is 0.461 e. The van der Waals surface area contributed by atoms with Crippen molar-refractivity contribution in [2.45, 2.75) is 25.5 Å². The second kappa shape index (κ2) is 6.76. The van der Waals surface area contributed by atoms with Crippen molar-refractivity contribution in [3.05, 3.63) is 35.9 Å². The molecule has 98 valence electrons. The van der Waals surface area contributed by atoms with Crippen LogP contribution in [0.2, 0.25) is 0 Å². The summed E-state index contributed by atoms with van der Waals surface area (Å²) < 4.78 is 5.24. The van der Waals surface area contributed by atoms with Crippen LogP contribution in [0.3, 0.4) is 0 Å². The zero-order valence-electron chi connectivity index (χ0n) is 10.3. The number of nitrogens with zero attached hydrogens (tertiary/aromatic N) is 1. The second-order valence-corrected chi connectivity index (χ2v) is 4.85. The van der Waals surface area contributed by atoms with Gasteiger partial charge in [0.1, 0.15) is 12.0 Å². The molecule has 0 N–H and O–H groups in total. The highest BCUT2D eigenvalue weighted by atomic mass is 35.5. The summed E-state index contributed by atoms with van der Waals surface area (Å²) in [5, 5.41) is 0. The maximum Gasteiger partial charge on any atom is 0.321 e. The van der Waals surface area contributed by atoms with Crippen molar-refractivity contribution in [1.82, 2.24) is 4.90 Å². The van der Waals surface area contributed by atoms with Gasteiger partial charge in [-0.3, -0.25) is 9.69 Å².